The Balaban J connectivity index is 1.49. The number of hydrogen-bond acceptors (Lipinski definition) is 4. The van der Waals surface area contributed by atoms with E-state index in [9.17, 15) is 0 Å². The molecule has 146 valence electrons. The second-order valence-corrected chi connectivity index (χ2v) is 8.58. The molecule has 1 heterocycles. The summed E-state index contributed by atoms with van der Waals surface area (Å²) in [5.74, 6) is 2.61. The van der Waals surface area contributed by atoms with Gasteiger partial charge in [-0.05, 0) is 49.6 Å². The second kappa shape index (κ2) is 9.01. The molecule has 0 radical (unpaired) electrons. The summed E-state index contributed by atoms with van der Waals surface area (Å²) in [6.07, 6.45) is 4.85. The van der Waals surface area contributed by atoms with Gasteiger partial charge in [0.2, 0.25) is 0 Å². The molecule has 0 saturated heterocycles. The summed E-state index contributed by atoms with van der Waals surface area (Å²) >= 11 is 8.15. The number of ether oxygens (including phenoxy) is 1. The van der Waals surface area contributed by atoms with Crippen LogP contribution in [0.15, 0.2) is 53.7 Å². The van der Waals surface area contributed by atoms with Gasteiger partial charge in [0, 0.05) is 17.4 Å². The molecule has 1 aliphatic carbocycles. The van der Waals surface area contributed by atoms with Crippen molar-refractivity contribution >= 4 is 23.4 Å². The molecule has 4 nitrogen and oxygen atoms in total. The van der Waals surface area contributed by atoms with Gasteiger partial charge >= 0.3 is 0 Å². The lowest BCUT2D eigenvalue weighted by molar-refractivity contribution is 0.343. The number of halogens is 1. The zero-order valence-electron chi connectivity index (χ0n) is 16.0. The molecule has 6 heteroatoms. The number of aromatic nitrogens is 3. The fraction of sp³-hybridized carbons (Fsp3) is 0.364. The van der Waals surface area contributed by atoms with Crippen LogP contribution in [0.4, 0.5) is 0 Å². The number of hydrogen-bond donors (Lipinski definition) is 0. The Morgan fingerprint density at radius 1 is 1.11 bits per heavy atom. The first kappa shape index (κ1) is 19.3. The highest BCUT2D eigenvalue weighted by atomic mass is 35.5. The van der Waals surface area contributed by atoms with Crippen LogP contribution in [-0.4, -0.2) is 27.1 Å². The molecule has 1 fully saturated rings. The van der Waals surface area contributed by atoms with Gasteiger partial charge in [-0.2, -0.15) is 0 Å². The normalized spacial score (nSPS) is 14.5. The average Bonchev–Trinajstić information content (AvgIpc) is 3.35. The van der Waals surface area contributed by atoms with Crippen molar-refractivity contribution in [2.75, 3.05) is 12.4 Å². The minimum absolute atomic E-state index is 0.446. The van der Waals surface area contributed by atoms with Gasteiger partial charge < -0.3 is 4.74 Å². The molecule has 1 aliphatic rings. The summed E-state index contributed by atoms with van der Waals surface area (Å²) in [5, 5.41) is 10.7. The van der Waals surface area contributed by atoms with Crippen molar-refractivity contribution in [2.24, 2.45) is 0 Å². The van der Waals surface area contributed by atoms with Gasteiger partial charge in [-0.15, -0.1) is 10.2 Å². The van der Waals surface area contributed by atoms with Crippen LogP contribution in [0.2, 0.25) is 5.02 Å². The van der Waals surface area contributed by atoms with Crippen LogP contribution >= 0.6 is 23.4 Å². The van der Waals surface area contributed by atoms with E-state index in [1.165, 1.54) is 31.2 Å². The number of nitrogens with zero attached hydrogens (tertiary/aromatic N) is 3. The first-order chi connectivity index (χ1) is 13.7. The minimum Gasteiger partial charge on any atom is -0.493 e. The lowest BCUT2D eigenvalue weighted by atomic mass is 10.2. The Kier molecular flexibility index (Phi) is 6.23. The van der Waals surface area contributed by atoms with E-state index in [1.54, 1.807) is 11.8 Å². The molecule has 0 bridgehead atoms. The Hall–Kier alpha value is -1.98. The molecule has 2 aromatic carbocycles. The summed E-state index contributed by atoms with van der Waals surface area (Å²) in [6.45, 7) is 2.70. The fourth-order valence-corrected chi connectivity index (χ4v) is 4.73. The Bertz CT molecular complexity index is 937. The summed E-state index contributed by atoms with van der Waals surface area (Å²) in [5.41, 5.74) is 2.15. The van der Waals surface area contributed by atoms with Crippen LogP contribution in [0.25, 0.3) is 11.4 Å². The molecular weight excluding hydrogens is 390 g/mol. The highest BCUT2D eigenvalue weighted by Gasteiger charge is 2.25. The van der Waals surface area contributed by atoms with Crippen LogP contribution in [0.1, 0.15) is 37.3 Å². The van der Waals surface area contributed by atoms with Gasteiger partial charge in [0.25, 0.3) is 0 Å². The molecule has 0 unspecified atom stereocenters. The monoisotopic (exact) mass is 413 g/mol. The van der Waals surface area contributed by atoms with Gasteiger partial charge in [-0.1, -0.05) is 60.5 Å². The summed E-state index contributed by atoms with van der Waals surface area (Å²) in [7, 11) is 0. The van der Waals surface area contributed by atoms with Gasteiger partial charge in [-0.25, -0.2) is 0 Å². The predicted molar refractivity (Wildman–Crippen MR) is 115 cm³/mol. The van der Waals surface area contributed by atoms with Crippen molar-refractivity contribution in [3.63, 3.8) is 0 Å². The van der Waals surface area contributed by atoms with Gasteiger partial charge in [0.15, 0.2) is 11.0 Å². The van der Waals surface area contributed by atoms with Gasteiger partial charge in [0.05, 0.1) is 11.6 Å². The first-order valence-corrected chi connectivity index (χ1v) is 11.1. The zero-order valence-corrected chi connectivity index (χ0v) is 17.5. The molecule has 1 saturated carbocycles. The average molecular weight is 414 g/mol. The third-order valence-corrected chi connectivity index (χ3v) is 6.28. The van der Waals surface area contributed by atoms with E-state index in [2.05, 4.69) is 33.8 Å². The van der Waals surface area contributed by atoms with E-state index in [0.717, 1.165) is 28.0 Å². The maximum absolute atomic E-state index is 6.45. The van der Waals surface area contributed by atoms with Gasteiger partial charge in [-0.3, -0.25) is 4.57 Å². The third-order valence-electron chi connectivity index (χ3n) is 5.04. The molecule has 1 aromatic heterocycles. The zero-order chi connectivity index (χ0) is 19.3. The number of benzene rings is 2. The Morgan fingerprint density at radius 2 is 1.93 bits per heavy atom. The smallest absolute Gasteiger partial charge is 0.191 e. The quantitative estimate of drug-likeness (QED) is 0.342. The molecule has 0 spiro atoms. The molecule has 3 aromatic rings. The summed E-state index contributed by atoms with van der Waals surface area (Å²) < 4.78 is 8.18. The van der Waals surface area contributed by atoms with Crippen molar-refractivity contribution in [2.45, 2.75) is 43.8 Å². The van der Waals surface area contributed by atoms with Crippen LogP contribution < -0.4 is 4.74 Å². The Labute approximate surface area is 175 Å². The molecule has 0 atom stereocenters. The standard InChI is InChI=1S/C22H24ClN3OS/c1-16-7-6-10-18(15-16)27-13-14-28-22-25-24-21(19-11-4-5-12-20(19)23)26(22)17-8-2-3-9-17/h4-7,10-12,15,17H,2-3,8-9,13-14H2,1H3. The minimum atomic E-state index is 0.446. The molecule has 4 rings (SSSR count). The SMILES string of the molecule is Cc1cccc(OCCSc2nnc(-c3ccccc3Cl)n2C2CCCC2)c1. The van der Waals surface area contributed by atoms with Gasteiger partial charge in [0.1, 0.15) is 5.75 Å². The van der Waals surface area contributed by atoms with E-state index in [4.69, 9.17) is 16.3 Å². The topological polar surface area (TPSA) is 39.9 Å². The number of rotatable bonds is 7. The van der Waals surface area contributed by atoms with E-state index in [0.29, 0.717) is 17.7 Å². The molecule has 0 N–H and O–H groups in total. The van der Waals surface area contributed by atoms with Crippen LogP contribution in [0.5, 0.6) is 5.75 Å². The second-order valence-electron chi connectivity index (χ2n) is 7.11. The fourth-order valence-electron chi connectivity index (χ4n) is 3.69. The van der Waals surface area contributed by atoms with E-state index < -0.39 is 0 Å². The lowest BCUT2D eigenvalue weighted by Gasteiger charge is -2.17. The number of aryl methyl sites for hydroxylation is 1. The Morgan fingerprint density at radius 3 is 2.71 bits per heavy atom. The van der Waals surface area contributed by atoms with Crippen LogP contribution in [0, 0.1) is 6.92 Å². The van der Waals surface area contributed by atoms with Crippen LogP contribution in [0.3, 0.4) is 0 Å². The van der Waals surface area contributed by atoms with Crippen molar-refractivity contribution in [3.05, 3.63) is 59.1 Å². The molecular formula is C22H24ClN3OS. The molecule has 0 amide bonds. The maximum Gasteiger partial charge on any atom is 0.191 e. The number of thioether (sulfide) groups is 1. The van der Waals surface area contributed by atoms with Crippen LogP contribution in [-0.2, 0) is 0 Å². The summed E-state index contributed by atoms with van der Waals surface area (Å²) in [6, 6.07) is 16.5. The van der Waals surface area contributed by atoms with E-state index in [-0.39, 0.29) is 0 Å². The van der Waals surface area contributed by atoms with E-state index >= 15 is 0 Å². The molecule has 0 aliphatic heterocycles. The van der Waals surface area contributed by atoms with Crippen molar-refractivity contribution < 1.29 is 4.74 Å². The molecule has 28 heavy (non-hydrogen) atoms. The third kappa shape index (κ3) is 4.36. The highest BCUT2D eigenvalue weighted by molar-refractivity contribution is 7.99. The van der Waals surface area contributed by atoms with E-state index in [1.807, 2.05) is 36.4 Å². The first-order valence-electron chi connectivity index (χ1n) is 9.74. The predicted octanol–water partition coefficient (Wildman–Crippen LogP) is 6.19. The highest BCUT2D eigenvalue weighted by Crippen LogP contribution is 2.38. The largest absolute Gasteiger partial charge is 0.493 e. The van der Waals surface area contributed by atoms with Crippen molar-refractivity contribution in [1.82, 2.24) is 14.8 Å². The summed E-state index contributed by atoms with van der Waals surface area (Å²) in [4.78, 5) is 0. The maximum atomic E-state index is 6.45. The van der Waals surface area contributed by atoms with Crippen molar-refractivity contribution in [3.8, 4) is 17.1 Å². The van der Waals surface area contributed by atoms with Crippen molar-refractivity contribution in [1.29, 1.82) is 0 Å². The lowest BCUT2D eigenvalue weighted by Crippen LogP contribution is -2.09.